The monoisotopic (exact) mass is 540 g/mol. The largest absolute Gasteiger partial charge is 0.116 e. The molecule has 0 fully saturated rings. The average molecular weight is 541 g/mol. The van der Waals surface area contributed by atoms with Crippen molar-refractivity contribution >= 4 is 115 Å². The van der Waals surface area contributed by atoms with Crippen LogP contribution < -0.4 is 0 Å². The SMILES string of the molecule is C1=C(SCc2ccc3ccc4cccc5ccc2c3c45)SC(=C2SC3=C(SCCS3)S2)S1. The molecule has 7 rings (SSSR count). The molecule has 0 saturated heterocycles. The van der Waals surface area contributed by atoms with Gasteiger partial charge in [-0.2, -0.15) is 0 Å². The van der Waals surface area contributed by atoms with Gasteiger partial charge in [-0.25, -0.2) is 0 Å². The van der Waals surface area contributed by atoms with Gasteiger partial charge in [0.1, 0.15) is 0 Å². The lowest BCUT2D eigenvalue weighted by molar-refractivity contribution is 1.48. The Morgan fingerprint density at radius 3 is 2.12 bits per heavy atom. The summed E-state index contributed by atoms with van der Waals surface area (Å²) in [6.07, 6.45) is 0. The summed E-state index contributed by atoms with van der Waals surface area (Å²) in [6.45, 7) is 0. The van der Waals surface area contributed by atoms with Gasteiger partial charge in [0.2, 0.25) is 0 Å². The molecule has 0 bridgehead atoms. The highest BCUT2D eigenvalue weighted by Crippen LogP contribution is 2.64. The Kier molecular flexibility index (Phi) is 5.67. The third-order valence-corrected chi connectivity index (χ3v) is 15.8. The maximum Gasteiger partial charge on any atom is 0.0717 e. The zero-order valence-electron chi connectivity index (χ0n) is 16.8. The predicted octanol–water partition coefficient (Wildman–Crippen LogP) is 10.3. The molecule has 4 aromatic rings. The first-order valence-electron chi connectivity index (χ1n) is 10.3. The number of thioether (sulfide) groups is 7. The van der Waals surface area contributed by atoms with Crippen LogP contribution in [0, 0.1) is 0 Å². The molecule has 0 unspecified atom stereocenters. The summed E-state index contributed by atoms with van der Waals surface area (Å²) in [5.41, 5.74) is 1.43. The zero-order valence-corrected chi connectivity index (χ0v) is 22.5. The summed E-state index contributed by atoms with van der Waals surface area (Å²) in [4.78, 5) is 0. The maximum atomic E-state index is 2.35. The molecule has 0 aromatic heterocycles. The van der Waals surface area contributed by atoms with Crippen molar-refractivity contribution < 1.29 is 0 Å². The molecule has 3 heterocycles. The van der Waals surface area contributed by atoms with E-state index in [4.69, 9.17) is 0 Å². The molecular formula is C25H16S7. The predicted molar refractivity (Wildman–Crippen MR) is 159 cm³/mol. The summed E-state index contributed by atoms with van der Waals surface area (Å²) in [5.74, 6) is 3.51. The molecule has 0 aliphatic carbocycles. The van der Waals surface area contributed by atoms with Crippen molar-refractivity contribution in [3.8, 4) is 0 Å². The minimum absolute atomic E-state index is 1.01. The van der Waals surface area contributed by atoms with Crippen LogP contribution in [0.4, 0.5) is 0 Å². The van der Waals surface area contributed by atoms with Crippen molar-refractivity contribution in [2.24, 2.45) is 0 Å². The van der Waals surface area contributed by atoms with Gasteiger partial charge >= 0.3 is 0 Å². The molecule has 0 radical (unpaired) electrons. The quantitative estimate of drug-likeness (QED) is 0.234. The van der Waals surface area contributed by atoms with Crippen LogP contribution in [0.5, 0.6) is 0 Å². The fraction of sp³-hybridized carbons (Fsp3) is 0.120. The van der Waals surface area contributed by atoms with Crippen molar-refractivity contribution in [2.45, 2.75) is 5.75 Å². The standard InChI is InChI=1S/C25H16S7/c1-2-14-4-5-16-6-7-17(18-9-8-15(3-1)20(14)21(16)18)12-28-19-13-29-24(30-19)25-31-22-23(32-25)27-11-10-26-22/h1-9,13H,10-12H2. The van der Waals surface area contributed by atoms with Crippen molar-refractivity contribution in [2.75, 3.05) is 11.5 Å². The van der Waals surface area contributed by atoms with Gasteiger partial charge in [-0.05, 0) is 43.3 Å². The minimum atomic E-state index is 1.01. The number of hydrogen-bond donors (Lipinski definition) is 0. The first-order valence-corrected chi connectivity index (χ1v) is 16.5. The van der Waals surface area contributed by atoms with Crippen LogP contribution in [0.2, 0.25) is 0 Å². The number of benzene rings is 4. The number of hydrogen-bond acceptors (Lipinski definition) is 7. The molecule has 0 N–H and O–H groups in total. The molecule has 0 nitrogen and oxygen atoms in total. The van der Waals surface area contributed by atoms with E-state index in [0.717, 1.165) is 5.75 Å². The Morgan fingerprint density at radius 2 is 1.34 bits per heavy atom. The van der Waals surface area contributed by atoms with E-state index in [2.05, 4.69) is 60.0 Å². The second-order valence-electron chi connectivity index (χ2n) is 7.58. The van der Waals surface area contributed by atoms with Gasteiger partial charge in [0.25, 0.3) is 0 Å². The molecule has 0 amide bonds. The van der Waals surface area contributed by atoms with E-state index in [9.17, 15) is 0 Å². The lowest BCUT2D eigenvalue weighted by atomic mass is 9.92. The summed E-state index contributed by atoms with van der Waals surface area (Å²) >= 11 is 13.9. The summed E-state index contributed by atoms with van der Waals surface area (Å²) < 4.78 is 7.44. The third-order valence-electron chi connectivity index (χ3n) is 5.70. The third kappa shape index (κ3) is 3.63. The zero-order chi connectivity index (χ0) is 21.1. The highest BCUT2D eigenvalue weighted by Gasteiger charge is 2.29. The molecule has 3 aliphatic rings. The van der Waals surface area contributed by atoms with Crippen LogP contribution in [-0.2, 0) is 5.75 Å². The van der Waals surface area contributed by atoms with Crippen molar-refractivity contribution in [1.82, 2.24) is 0 Å². The van der Waals surface area contributed by atoms with Gasteiger partial charge in [0, 0.05) is 17.3 Å². The van der Waals surface area contributed by atoms with E-state index < -0.39 is 0 Å². The van der Waals surface area contributed by atoms with Crippen LogP contribution in [-0.4, -0.2) is 11.5 Å². The summed E-state index contributed by atoms with van der Waals surface area (Å²) in [6, 6.07) is 20.4. The summed E-state index contributed by atoms with van der Waals surface area (Å²) in [7, 11) is 0. The van der Waals surface area contributed by atoms with Crippen LogP contribution in [0.1, 0.15) is 5.56 Å². The molecule has 0 saturated carbocycles. The van der Waals surface area contributed by atoms with Crippen molar-refractivity contribution in [3.63, 3.8) is 0 Å². The van der Waals surface area contributed by atoms with E-state index in [-0.39, 0.29) is 0 Å². The minimum Gasteiger partial charge on any atom is -0.116 e. The van der Waals surface area contributed by atoms with Crippen molar-refractivity contribution in [3.05, 3.63) is 86.8 Å². The number of rotatable bonds is 3. The van der Waals surface area contributed by atoms with Crippen LogP contribution in [0.3, 0.4) is 0 Å². The molecule has 7 heteroatoms. The summed E-state index contributed by atoms with van der Waals surface area (Å²) in [5, 5.41) is 10.6. The van der Waals surface area contributed by atoms with E-state index in [1.54, 1.807) is 0 Å². The van der Waals surface area contributed by atoms with E-state index in [1.807, 2.05) is 82.3 Å². The average Bonchev–Trinajstić information content (AvgIpc) is 3.48. The highest BCUT2D eigenvalue weighted by atomic mass is 32.3. The van der Waals surface area contributed by atoms with Gasteiger partial charge < -0.3 is 0 Å². The second-order valence-corrected chi connectivity index (χ2v) is 16.1. The van der Waals surface area contributed by atoms with Crippen LogP contribution >= 0.6 is 82.3 Å². The second kappa shape index (κ2) is 8.67. The van der Waals surface area contributed by atoms with E-state index in [0.29, 0.717) is 0 Å². The van der Waals surface area contributed by atoms with Gasteiger partial charge in [0.15, 0.2) is 0 Å². The fourth-order valence-corrected chi connectivity index (χ4v) is 14.2. The first-order chi connectivity index (χ1) is 15.8. The normalized spacial score (nSPS) is 19.1. The van der Waals surface area contributed by atoms with Crippen LogP contribution in [0.25, 0.3) is 32.3 Å². The Hall–Kier alpha value is -0.410. The molecule has 3 aliphatic heterocycles. The Labute approximate surface area is 217 Å². The van der Waals surface area contributed by atoms with Gasteiger partial charge in [-0.15, -0.1) is 35.3 Å². The van der Waals surface area contributed by atoms with Gasteiger partial charge in [0.05, 0.1) is 21.2 Å². The topological polar surface area (TPSA) is 0 Å². The molecular weight excluding hydrogens is 525 g/mol. The van der Waals surface area contributed by atoms with Crippen molar-refractivity contribution in [1.29, 1.82) is 0 Å². The Bertz CT molecular complexity index is 1440. The van der Waals surface area contributed by atoms with E-state index >= 15 is 0 Å². The van der Waals surface area contributed by atoms with Gasteiger partial charge in [-0.1, -0.05) is 102 Å². The Balaban J connectivity index is 1.14. The first kappa shape index (κ1) is 20.9. The van der Waals surface area contributed by atoms with Crippen LogP contribution in [0.15, 0.2) is 81.2 Å². The molecule has 32 heavy (non-hydrogen) atoms. The van der Waals surface area contributed by atoms with E-state index in [1.165, 1.54) is 70.6 Å². The lowest BCUT2D eigenvalue weighted by Crippen LogP contribution is -1.88. The maximum absolute atomic E-state index is 2.35. The smallest absolute Gasteiger partial charge is 0.0717 e. The molecule has 0 spiro atoms. The molecule has 158 valence electrons. The fourth-order valence-electron chi connectivity index (χ4n) is 4.27. The van der Waals surface area contributed by atoms with Gasteiger partial charge in [-0.3, -0.25) is 0 Å². The highest BCUT2D eigenvalue weighted by molar-refractivity contribution is 8.43. The molecule has 0 atom stereocenters. The molecule has 4 aromatic carbocycles. The Morgan fingerprint density at radius 1 is 0.656 bits per heavy atom. The lowest BCUT2D eigenvalue weighted by Gasteiger charge is -2.13.